The van der Waals surface area contributed by atoms with Crippen LogP contribution in [-0.4, -0.2) is 33.9 Å². The molecule has 4 heteroatoms. The zero-order valence-corrected chi connectivity index (χ0v) is 12.4. The molecule has 1 aromatic carbocycles. The van der Waals surface area contributed by atoms with Crippen LogP contribution in [0.2, 0.25) is 0 Å². The highest BCUT2D eigenvalue weighted by Crippen LogP contribution is 2.25. The minimum atomic E-state index is -0.145. The average Bonchev–Trinajstić information content (AvgIpc) is 2.47. The van der Waals surface area contributed by atoms with E-state index >= 15 is 0 Å². The normalized spacial score (nSPS) is 17.0. The molecule has 0 aromatic heterocycles. The number of nitrogens with one attached hydrogen (secondary N) is 1. The summed E-state index contributed by atoms with van der Waals surface area (Å²) >= 11 is 0. The molecule has 1 N–H and O–H groups in total. The molecule has 1 aliphatic rings. The van der Waals surface area contributed by atoms with Gasteiger partial charge < -0.3 is 15.0 Å². The van der Waals surface area contributed by atoms with Crippen molar-refractivity contribution in [2.24, 2.45) is 0 Å². The fourth-order valence-electron chi connectivity index (χ4n) is 2.46. The number of hydrogen-bond donors (Lipinski definition) is 1. The molecule has 0 aliphatic carbocycles. The predicted molar refractivity (Wildman–Crippen MR) is 80.7 cm³/mol. The van der Waals surface area contributed by atoms with Crippen molar-refractivity contribution in [1.82, 2.24) is 5.32 Å². The zero-order valence-electron chi connectivity index (χ0n) is 12.4. The van der Waals surface area contributed by atoms with Gasteiger partial charge in [-0.3, -0.25) is 0 Å². The maximum atomic E-state index is 14.3. The van der Waals surface area contributed by atoms with Crippen LogP contribution in [0.25, 0.3) is 0 Å². The van der Waals surface area contributed by atoms with Gasteiger partial charge in [0.1, 0.15) is 5.82 Å². The summed E-state index contributed by atoms with van der Waals surface area (Å²) in [4.78, 5) is 2.07. The van der Waals surface area contributed by atoms with Gasteiger partial charge in [-0.15, -0.1) is 0 Å². The van der Waals surface area contributed by atoms with Crippen LogP contribution in [0.4, 0.5) is 10.1 Å². The third-order valence-corrected chi connectivity index (χ3v) is 3.88. The Hall–Kier alpha value is -1.39. The molecule has 0 bridgehead atoms. The number of benzene rings is 1. The fraction of sp³-hybridized carbons (Fsp3) is 0.500. The lowest BCUT2D eigenvalue weighted by Gasteiger charge is -2.29. The largest absolute Gasteiger partial charge is 0.380 e. The molecule has 1 heterocycles. The lowest BCUT2D eigenvalue weighted by Crippen LogP contribution is -2.30. The summed E-state index contributed by atoms with van der Waals surface area (Å²) in [6.07, 6.45) is 3.07. The van der Waals surface area contributed by atoms with Gasteiger partial charge in [0.2, 0.25) is 0 Å². The molecule has 2 rings (SSSR count). The molecule has 1 aromatic rings. The number of anilines is 1. The van der Waals surface area contributed by atoms with Crippen molar-refractivity contribution in [2.45, 2.75) is 19.4 Å². The molecule has 1 aliphatic heterocycles. The topological polar surface area (TPSA) is 24.5 Å². The van der Waals surface area contributed by atoms with Gasteiger partial charge in [0.25, 0.3) is 0 Å². The average molecular weight is 278 g/mol. The second-order valence-corrected chi connectivity index (χ2v) is 5.21. The third-order valence-electron chi connectivity index (χ3n) is 3.88. The molecule has 0 saturated carbocycles. The second-order valence-electron chi connectivity index (χ2n) is 5.21. The van der Waals surface area contributed by atoms with Gasteiger partial charge in [-0.25, -0.2) is 4.39 Å². The van der Waals surface area contributed by atoms with Crippen molar-refractivity contribution in [2.75, 3.05) is 38.8 Å². The standard InChI is InChI=1S/C16H23FN2O/c1-12(18-2)14-4-5-16(15(17)10-14)19-8-6-13(7-9-19)11-20-3/h4-6,10,12,18H,7-9,11H2,1-3H3. The first-order valence-electron chi connectivity index (χ1n) is 7.04. The summed E-state index contributed by atoms with van der Waals surface area (Å²) < 4.78 is 19.4. The molecule has 1 unspecified atom stereocenters. The molecule has 3 nitrogen and oxygen atoms in total. The van der Waals surface area contributed by atoms with E-state index in [0.717, 1.165) is 25.1 Å². The van der Waals surface area contributed by atoms with Crippen LogP contribution in [0.15, 0.2) is 29.8 Å². The highest BCUT2D eigenvalue weighted by molar-refractivity contribution is 5.51. The number of halogens is 1. The maximum absolute atomic E-state index is 14.3. The third kappa shape index (κ3) is 3.38. The van der Waals surface area contributed by atoms with E-state index in [-0.39, 0.29) is 11.9 Å². The van der Waals surface area contributed by atoms with Crippen molar-refractivity contribution >= 4 is 5.69 Å². The van der Waals surface area contributed by atoms with Gasteiger partial charge in [-0.1, -0.05) is 12.1 Å². The van der Waals surface area contributed by atoms with E-state index in [0.29, 0.717) is 12.3 Å². The van der Waals surface area contributed by atoms with Crippen LogP contribution in [-0.2, 0) is 4.74 Å². The smallest absolute Gasteiger partial charge is 0.146 e. The Morgan fingerprint density at radius 1 is 1.45 bits per heavy atom. The van der Waals surface area contributed by atoms with Crippen LogP contribution < -0.4 is 10.2 Å². The van der Waals surface area contributed by atoms with E-state index in [9.17, 15) is 4.39 Å². The van der Waals surface area contributed by atoms with Crippen LogP contribution >= 0.6 is 0 Å². The minimum Gasteiger partial charge on any atom is -0.380 e. The van der Waals surface area contributed by atoms with E-state index in [4.69, 9.17) is 4.74 Å². The summed E-state index contributed by atoms with van der Waals surface area (Å²) in [6.45, 7) is 4.29. The van der Waals surface area contributed by atoms with Gasteiger partial charge in [0.15, 0.2) is 0 Å². The molecule has 110 valence electrons. The molecular weight excluding hydrogens is 255 g/mol. The molecule has 0 amide bonds. The van der Waals surface area contributed by atoms with Crippen molar-refractivity contribution in [1.29, 1.82) is 0 Å². The van der Waals surface area contributed by atoms with E-state index in [2.05, 4.69) is 16.3 Å². The molecule has 20 heavy (non-hydrogen) atoms. The first-order chi connectivity index (χ1) is 9.65. The summed E-state index contributed by atoms with van der Waals surface area (Å²) in [5.41, 5.74) is 2.95. The molecule has 0 spiro atoms. The quantitative estimate of drug-likeness (QED) is 0.838. The lowest BCUT2D eigenvalue weighted by atomic mass is 10.1. The molecular formula is C16H23FN2O. The van der Waals surface area contributed by atoms with Crippen molar-refractivity contribution in [3.05, 3.63) is 41.2 Å². The predicted octanol–water partition coefficient (Wildman–Crippen LogP) is 2.89. The zero-order chi connectivity index (χ0) is 14.5. The number of nitrogens with zero attached hydrogens (tertiary/aromatic N) is 1. The fourth-order valence-corrected chi connectivity index (χ4v) is 2.46. The Morgan fingerprint density at radius 3 is 2.80 bits per heavy atom. The first-order valence-corrected chi connectivity index (χ1v) is 7.04. The molecule has 1 atom stereocenters. The molecule has 0 fully saturated rings. The maximum Gasteiger partial charge on any atom is 0.146 e. The van der Waals surface area contributed by atoms with Crippen LogP contribution in [0, 0.1) is 5.82 Å². The highest BCUT2D eigenvalue weighted by atomic mass is 19.1. The van der Waals surface area contributed by atoms with Gasteiger partial charge in [0, 0.05) is 26.2 Å². The number of hydrogen-bond acceptors (Lipinski definition) is 3. The van der Waals surface area contributed by atoms with E-state index in [1.807, 2.05) is 26.1 Å². The Bertz CT molecular complexity index is 487. The highest BCUT2D eigenvalue weighted by Gasteiger charge is 2.16. The molecule has 0 saturated heterocycles. The Kier molecular flexibility index (Phi) is 5.15. The van der Waals surface area contributed by atoms with Gasteiger partial charge >= 0.3 is 0 Å². The summed E-state index contributed by atoms with van der Waals surface area (Å²) in [5, 5.41) is 3.12. The summed E-state index contributed by atoms with van der Waals surface area (Å²) in [6, 6.07) is 5.67. The van der Waals surface area contributed by atoms with Crippen LogP contribution in [0.5, 0.6) is 0 Å². The van der Waals surface area contributed by atoms with Gasteiger partial charge in [-0.2, -0.15) is 0 Å². The lowest BCUT2D eigenvalue weighted by molar-refractivity contribution is 0.222. The van der Waals surface area contributed by atoms with Crippen molar-refractivity contribution in [3.63, 3.8) is 0 Å². The Labute approximate surface area is 120 Å². The van der Waals surface area contributed by atoms with Crippen molar-refractivity contribution < 1.29 is 9.13 Å². The van der Waals surface area contributed by atoms with Crippen LogP contribution in [0.3, 0.4) is 0 Å². The monoisotopic (exact) mass is 278 g/mol. The number of rotatable bonds is 5. The van der Waals surface area contributed by atoms with Gasteiger partial charge in [-0.05, 0) is 43.7 Å². The van der Waals surface area contributed by atoms with Crippen molar-refractivity contribution in [3.8, 4) is 0 Å². The second kappa shape index (κ2) is 6.86. The van der Waals surface area contributed by atoms with E-state index in [1.54, 1.807) is 13.2 Å². The van der Waals surface area contributed by atoms with E-state index in [1.165, 1.54) is 5.57 Å². The number of methoxy groups -OCH3 is 1. The summed E-state index contributed by atoms with van der Waals surface area (Å²) in [7, 11) is 3.58. The Morgan fingerprint density at radius 2 is 2.25 bits per heavy atom. The first kappa shape index (κ1) is 15.0. The SMILES string of the molecule is CNC(C)c1ccc(N2CC=C(COC)CC2)c(F)c1. The molecule has 0 radical (unpaired) electrons. The Balaban J connectivity index is 2.11. The number of ether oxygens (including phenoxy) is 1. The summed E-state index contributed by atoms with van der Waals surface area (Å²) in [5.74, 6) is -0.145. The minimum absolute atomic E-state index is 0.145. The van der Waals surface area contributed by atoms with Crippen LogP contribution in [0.1, 0.15) is 24.9 Å². The van der Waals surface area contributed by atoms with E-state index < -0.39 is 0 Å². The van der Waals surface area contributed by atoms with Gasteiger partial charge in [0.05, 0.1) is 12.3 Å².